The van der Waals surface area contributed by atoms with E-state index in [9.17, 15) is 9.90 Å². The third-order valence-corrected chi connectivity index (χ3v) is 4.07. The molecule has 1 aliphatic rings. The topological polar surface area (TPSA) is 78.6 Å². The number of anilines is 1. The molecule has 2 atom stereocenters. The molecule has 1 aromatic carbocycles. The second kappa shape index (κ2) is 6.24. The summed E-state index contributed by atoms with van der Waals surface area (Å²) in [7, 11) is 1.75. The number of nitrogens with one attached hydrogen (secondary N) is 1. The molecule has 2 rings (SSSR count). The molecule has 1 aliphatic carbocycles. The number of rotatable bonds is 3. The van der Waals surface area contributed by atoms with E-state index in [1.165, 1.54) is 0 Å². The fourth-order valence-electron chi connectivity index (χ4n) is 2.85. The minimum atomic E-state index is -0.433. The van der Waals surface area contributed by atoms with E-state index in [1.54, 1.807) is 18.0 Å². The van der Waals surface area contributed by atoms with E-state index >= 15 is 0 Å². The van der Waals surface area contributed by atoms with Crippen LogP contribution in [0.2, 0.25) is 0 Å². The lowest BCUT2D eigenvalue weighted by molar-refractivity contribution is 0.0268. The minimum Gasteiger partial charge on any atom is -0.391 e. The fraction of sp³-hybridized carbons (Fsp3) is 0.533. The molecule has 0 heterocycles. The van der Waals surface area contributed by atoms with Gasteiger partial charge in [0.25, 0.3) is 5.91 Å². The lowest BCUT2D eigenvalue weighted by atomic mass is 9.91. The number of hydrazine groups is 1. The van der Waals surface area contributed by atoms with Crippen molar-refractivity contribution < 1.29 is 9.90 Å². The maximum atomic E-state index is 12.6. The highest BCUT2D eigenvalue weighted by atomic mass is 16.3. The molecule has 1 fully saturated rings. The monoisotopic (exact) mass is 277 g/mol. The Balaban J connectivity index is 2.22. The van der Waals surface area contributed by atoms with E-state index in [0.29, 0.717) is 11.3 Å². The van der Waals surface area contributed by atoms with E-state index in [1.807, 2.05) is 19.1 Å². The van der Waals surface area contributed by atoms with Gasteiger partial charge in [0.05, 0.1) is 23.4 Å². The minimum absolute atomic E-state index is 0.107. The van der Waals surface area contributed by atoms with Crippen LogP contribution in [-0.4, -0.2) is 35.1 Å². The number of hydrogen-bond acceptors (Lipinski definition) is 4. The third-order valence-electron chi connectivity index (χ3n) is 4.07. The van der Waals surface area contributed by atoms with Crippen LogP contribution < -0.4 is 11.3 Å². The number of hydrogen-bond donors (Lipinski definition) is 3. The Morgan fingerprint density at radius 2 is 2.10 bits per heavy atom. The number of benzene rings is 1. The van der Waals surface area contributed by atoms with Crippen LogP contribution in [0.25, 0.3) is 0 Å². The van der Waals surface area contributed by atoms with E-state index in [-0.39, 0.29) is 11.9 Å². The van der Waals surface area contributed by atoms with Gasteiger partial charge in [-0.05, 0) is 37.5 Å². The second-order valence-corrected chi connectivity index (χ2v) is 5.53. The van der Waals surface area contributed by atoms with Gasteiger partial charge in [0.15, 0.2) is 0 Å². The Hall–Kier alpha value is -1.59. The highest BCUT2D eigenvalue weighted by molar-refractivity contribution is 5.99. The molecule has 0 spiro atoms. The van der Waals surface area contributed by atoms with Gasteiger partial charge in [-0.25, -0.2) is 0 Å². The summed E-state index contributed by atoms with van der Waals surface area (Å²) in [6.07, 6.45) is 3.26. The highest BCUT2D eigenvalue weighted by Gasteiger charge is 2.30. The van der Waals surface area contributed by atoms with Crippen molar-refractivity contribution >= 4 is 11.6 Å². The molecule has 2 unspecified atom stereocenters. The van der Waals surface area contributed by atoms with Gasteiger partial charge in [-0.2, -0.15) is 0 Å². The average molecular weight is 277 g/mol. The molecule has 1 saturated carbocycles. The van der Waals surface area contributed by atoms with Crippen molar-refractivity contribution in [2.75, 3.05) is 12.5 Å². The molecule has 0 saturated heterocycles. The van der Waals surface area contributed by atoms with Crippen molar-refractivity contribution in [3.63, 3.8) is 0 Å². The smallest absolute Gasteiger partial charge is 0.256 e. The van der Waals surface area contributed by atoms with Gasteiger partial charge in [-0.15, -0.1) is 0 Å². The van der Waals surface area contributed by atoms with Crippen LogP contribution in [0.4, 0.5) is 5.69 Å². The van der Waals surface area contributed by atoms with E-state index in [0.717, 1.165) is 31.2 Å². The number of aliphatic hydroxyl groups excluding tert-OH is 1. The summed E-state index contributed by atoms with van der Waals surface area (Å²) in [5.41, 5.74) is 4.77. The number of carbonyl (C=O) groups is 1. The predicted octanol–water partition coefficient (Wildman–Crippen LogP) is 1.66. The number of aliphatic hydroxyl groups is 1. The van der Waals surface area contributed by atoms with Crippen molar-refractivity contribution in [2.24, 2.45) is 5.84 Å². The highest BCUT2D eigenvalue weighted by Crippen LogP contribution is 2.25. The average Bonchev–Trinajstić information content (AvgIpc) is 2.46. The quantitative estimate of drug-likeness (QED) is 0.580. The first kappa shape index (κ1) is 14.8. The van der Waals surface area contributed by atoms with Gasteiger partial charge >= 0.3 is 0 Å². The van der Waals surface area contributed by atoms with Crippen LogP contribution in [0, 0.1) is 6.92 Å². The van der Waals surface area contributed by atoms with Gasteiger partial charge in [-0.1, -0.05) is 18.9 Å². The van der Waals surface area contributed by atoms with Crippen molar-refractivity contribution in [3.05, 3.63) is 29.3 Å². The van der Waals surface area contributed by atoms with Gasteiger partial charge in [0.1, 0.15) is 0 Å². The van der Waals surface area contributed by atoms with E-state index in [2.05, 4.69) is 5.43 Å². The first-order valence-corrected chi connectivity index (χ1v) is 7.07. The maximum Gasteiger partial charge on any atom is 0.256 e. The van der Waals surface area contributed by atoms with E-state index < -0.39 is 6.10 Å². The van der Waals surface area contributed by atoms with Crippen molar-refractivity contribution in [3.8, 4) is 0 Å². The number of aryl methyl sites for hydroxylation is 1. The largest absolute Gasteiger partial charge is 0.391 e. The molecule has 4 N–H and O–H groups in total. The SMILES string of the molecule is Cc1ccc(C(=O)N(C)C2CCCCC2O)c(NN)c1. The Morgan fingerprint density at radius 1 is 1.40 bits per heavy atom. The van der Waals surface area contributed by atoms with Gasteiger partial charge in [-0.3, -0.25) is 10.6 Å². The fourth-order valence-corrected chi connectivity index (χ4v) is 2.85. The molecule has 20 heavy (non-hydrogen) atoms. The van der Waals surface area contributed by atoms with Crippen LogP contribution in [-0.2, 0) is 0 Å². The van der Waals surface area contributed by atoms with E-state index in [4.69, 9.17) is 5.84 Å². The molecule has 0 aromatic heterocycles. The molecular formula is C15H23N3O2. The summed E-state index contributed by atoms with van der Waals surface area (Å²) in [6, 6.07) is 5.40. The molecule has 1 amide bonds. The zero-order valence-corrected chi connectivity index (χ0v) is 12.1. The molecule has 1 aromatic rings. The standard InChI is InChI=1S/C15H23N3O2/c1-10-7-8-11(12(9-10)17-16)15(20)18(2)13-5-3-4-6-14(13)19/h7-9,13-14,17,19H,3-6,16H2,1-2H3. The predicted molar refractivity (Wildman–Crippen MR) is 79.3 cm³/mol. The maximum absolute atomic E-state index is 12.6. The summed E-state index contributed by atoms with van der Waals surface area (Å²) in [5.74, 6) is 5.39. The first-order chi connectivity index (χ1) is 9.54. The normalized spacial score (nSPS) is 22.4. The third kappa shape index (κ3) is 2.94. The summed E-state index contributed by atoms with van der Waals surface area (Å²) in [6.45, 7) is 1.95. The van der Waals surface area contributed by atoms with Crippen molar-refractivity contribution in [1.82, 2.24) is 4.90 Å². The van der Waals surface area contributed by atoms with Gasteiger partial charge in [0.2, 0.25) is 0 Å². The van der Waals surface area contributed by atoms with Gasteiger partial charge < -0.3 is 15.4 Å². The Labute approximate surface area is 119 Å². The first-order valence-electron chi connectivity index (χ1n) is 7.07. The number of likely N-dealkylation sites (N-methyl/N-ethyl adjacent to an activating group) is 1. The van der Waals surface area contributed by atoms with Crippen LogP contribution >= 0.6 is 0 Å². The van der Waals surface area contributed by atoms with Crippen molar-refractivity contribution in [2.45, 2.75) is 44.8 Å². The molecule has 110 valence electrons. The summed E-state index contributed by atoms with van der Waals surface area (Å²) >= 11 is 0. The van der Waals surface area contributed by atoms with Crippen molar-refractivity contribution in [1.29, 1.82) is 0 Å². The zero-order chi connectivity index (χ0) is 14.7. The molecule has 0 bridgehead atoms. The number of nitrogens with two attached hydrogens (primary N) is 1. The number of amides is 1. The second-order valence-electron chi connectivity index (χ2n) is 5.53. The molecule has 0 aliphatic heterocycles. The molecule has 5 heteroatoms. The Morgan fingerprint density at radius 3 is 2.75 bits per heavy atom. The van der Waals surface area contributed by atoms with Crippen LogP contribution in [0.15, 0.2) is 18.2 Å². The number of nitrogens with zero attached hydrogens (tertiary/aromatic N) is 1. The molecular weight excluding hydrogens is 254 g/mol. The van der Waals surface area contributed by atoms with Crippen LogP contribution in [0.3, 0.4) is 0 Å². The molecule has 0 radical (unpaired) electrons. The van der Waals surface area contributed by atoms with Crippen LogP contribution in [0.1, 0.15) is 41.6 Å². The lowest BCUT2D eigenvalue weighted by Crippen LogP contribution is -2.46. The summed E-state index contributed by atoms with van der Waals surface area (Å²) in [5, 5.41) is 10.1. The zero-order valence-electron chi connectivity index (χ0n) is 12.1. The number of nitrogen functional groups attached to an aromatic ring is 1. The summed E-state index contributed by atoms with van der Waals surface area (Å²) in [4.78, 5) is 14.2. The molecule has 5 nitrogen and oxygen atoms in total. The van der Waals surface area contributed by atoms with Gasteiger partial charge in [0, 0.05) is 7.05 Å². The Kier molecular flexibility index (Phi) is 4.62. The van der Waals surface area contributed by atoms with Crippen LogP contribution in [0.5, 0.6) is 0 Å². The lowest BCUT2D eigenvalue weighted by Gasteiger charge is -2.35. The Bertz CT molecular complexity index is 490. The number of carbonyl (C=O) groups excluding carboxylic acids is 1. The summed E-state index contributed by atoms with van der Waals surface area (Å²) < 4.78 is 0.